The van der Waals surface area contributed by atoms with Crippen molar-refractivity contribution in [2.75, 3.05) is 37.7 Å². The van der Waals surface area contributed by atoms with Gasteiger partial charge in [0.1, 0.15) is 5.67 Å². The summed E-state index contributed by atoms with van der Waals surface area (Å²) in [6, 6.07) is -0.0917. The highest BCUT2D eigenvalue weighted by molar-refractivity contribution is 7.91. The molecule has 2 saturated heterocycles. The molecule has 7 heteroatoms. The molecule has 100 valence electrons. The normalized spacial score (nSPS) is 36.4. The van der Waals surface area contributed by atoms with Crippen molar-refractivity contribution in [3.05, 3.63) is 0 Å². The molecule has 2 heterocycles. The summed E-state index contributed by atoms with van der Waals surface area (Å²) in [5.74, 6) is 0.240. The van der Waals surface area contributed by atoms with Crippen molar-refractivity contribution in [1.29, 1.82) is 0 Å². The lowest BCUT2D eigenvalue weighted by Crippen LogP contribution is -2.64. The summed E-state index contributed by atoms with van der Waals surface area (Å²) in [7, 11) is -2.95. The van der Waals surface area contributed by atoms with Crippen LogP contribution < -0.4 is 11.5 Å². The number of hydrogen-bond donors (Lipinski definition) is 2. The summed E-state index contributed by atoms with van der Waals surface area (Å²) in [6.45, 7) is 1.18. The molecular formula is C10H20FN3O2S. The van der Waals surface area contributed by atoms with Crippen molar-refractivity contribution >= 4 is 9.84 Å². The molecule has 2 rings (SSSR count). The van der Waals surface area contributed by atoms with Crippen LogP contribution in [0.5, 0.6) is 0 Å². The number of nitrogens with two attached hydrogens (primary N) is 2. The highest BCUT2D eigenvalue weighted by Crippen LogP contribution is 2.27. The van der Waals surface area contributed by atoms with Gasteiger partial charge < -0.3 is 11.5 Å². The van der Waals surface area contributed by atoms with Crippen molar-refractivity contribution in [3.63, 3.8) is 0 Å². The number of rotatable bonds is 3. The SMILES string of the molecule is NCC1(F)CN(CC2CS(=O)(=O)CCC2N)C1. The van der Waals surface area contributed by atoms with Crippen LogP contribution in [0.4, 0.5) is 4.39 Å². The zero-order valence-corrected chi connectivity index (χ0v) is 10.6. The number of hydrogen-bond acceptors (Lipinski definition) is 5. The van der Waals surface area contributed by atoms with E-state index >= 15 is 0 Å². The Balaban J connectivity index is 1.87. The Morgan fingerprint density at radius 2 is 2.06 bits per heavy atom. The van der Waals surface area contributed by atoms with Crippen molar-refractivity contribution < 1.29 is 12.8 Å². The first-order valence-corrected chi connectivity index (χ1v) is 7.73. The molecule has 2 aliphatic heterocycles. The molecule has 0 aromatic carbocycles. The van der Waals surface area contributed by atoms with Gasteiger partial charge in [0, 0.05) is 38.1 Å². The Kier molecular flexibility index (Phi) is 3.46. The first-order chi connectivity index (χ1) is 7.84. The van der Waals surface area contributed by atoms with Gasteiger partial charge in [0.15, 0.2) is 9.84 Å². The van der Waals surface area contributed by atoms with Crippen LogP contribution in [0, 0.1) is 5.92 Å². The molecule has 0 radical (unpaired) electrons. The van der Waals surface area contributed by atoms with Gasteiger partial charge in [-0.3, -0.25) is 4.90 Å². The van der Waals surface area contributed by atoms with E-state index in [2.05, 4.69) is 0 Å². The van der Waals surface area contributed by atoms with Gasteiger partial charge >= 0.3 is 0 Å². The zero-order valence-electron chi connectivity index (χ0n) is 9.81. The van der Waals surface area contributed by atoms with Crippen molar-refractivity contribution in [1.82, 2.24) is 4.90 Å². The van der Waals surface area contributed by atoms with E-state index < -0.39 is 15.5 Å². The summed E-state index contributed by atoms with van der Waals surface area (Å²) in [4.78, 5) is 1.90. The van der Waals surface area contributed by atoms with Gasteiger partial charge in [-0.05, 0) is 6.42 Å². The number of likely N-dealkylation sites (tertiary alicyclic amines) is 1. The summed E-state index contributed by atoms with van der Waals surface area (Å²) >= 11 is 0. The molecular weight excluding hydrogens is 245 g/mol. The largest absolute Gasteiger partial charge is 0.327 e. The Morgan fingerprint density at radius 3 is 2.65 bits per heavy atom. The number of halogens is 1. The molecule has 17 heavy (non-hydrogen) atoms. The third-order valence-corrected chi connectivity index (χ3v) is 5.50. The quantitative estimate of drug-likeness (QED) is 0.664. The van der Waals surface area contributed by atoms with Crippen LogP contribution in [0.1, 0.15) is 6.42 Å². The van der Waals surface area contributed by atoms with Crippen LogP contribution in [0.15, 0.2) is 0 Å². The van der Waals surface area contributed by atoms with E-state index in [0.717, 1.165) is 0 Å². The molecule has 0 saturated carbocycles. The predicted molar refractivity (Wildman–Crippen MR) is 64.1 cm³/mol. The second kappa shape index (κ2) is 4.46. The summed E-state index contributed by atoms with van der Waals surface area (Å²) < 4.78 is 36.6. The maximum absolute atomic E-state index is 13.6. The lowest BCUT2D eigenvalue weighted by atomic mass is 9.92. The molecule has 2 aliphatic rings. The van der Waals surface area contributed by atoms with Gasteiger partial charge in [0.2, 0.25) is 0 Å². The summed E-state index contributed by atoms with van der Waals surface area (Å²) in [5, 5.41) is 0. The smallest absolute Gasteiger partial charge is 0.150 e. The van der Waals surface area contributed by atoms with Crippen LogP contribution >= 0.6 is 0 Å². The topological polar surface area (TPSA) is 89.4 Å². The minimum atomic E-state index is -2.95. The highest BCUT2D eigenvalue weighted by atomic mass is 32.2. The fourth-order valence-electron chi connectivity index (χ4n) is 2.62. The zero-order chi connectivity index (χ0) is 12.7. The van der Waals surface area contributed by atoms with Crippen LogP contribution in [0.3, 0.4) is 0 Å². The maximum atomic E-state index is 13.6. The molecule has 0 spiro atoms. The van der Waals surface area contributed by atoms with Crippen molar-refractivity contribution in [2.24, 2.45) is 17.4 Å². The predicted octanol–water partition coefficient (Wildman–Crippen LogP) is -1.27. The van der Waals surface area contributed by atoms with E-state index in [-0.39, 0.29) is 30.0 Å². The second-order valence-electron chi connectivity index (χ2n) is 5.35. The van der Waals surface area contributed by atoms with Crippen LogP contribution in [-0.2, 0) is 9.84 Å². The number of nitrogens with zero attached hydrogens (tertiary/aromatic N) is 1. The summed E-state index contributed by atoms with van der Waals surface area (Å²) in [6.07, 6.45) is 0.512. The van der Waals surface area contributed by atoms with E-state index in [4.69, 9.17) is 11.5 Å². The molecule has 5 nitrogen and oxygen atoms in total. The molecule has 0 bridgehead atoms. The van der Waals surface area contributed by atoms with Gasteiger partial charge in [0.05, 0.1) is 11.5 Å². The molecule has 2 atom stereocenters. The molecule has 4 N–H and O–H groups in total. The van der Waals surface area contributed by atoms with Crippen molar-refractivity contribution in [2.45, 2.75) is 18.1 Å². The molecule has 2 fully saturated rings. The third-order valence-electron chi connectivity index (χ3n) is 3.71. The van der Waals surface area contributed by atoms with Crippen molar-refractivity contribution in [3.8, 4) is 0 Å². The Morgan fingerprint density at radius 1 is 1.41 bits per heavy atom. The fourth-order valence-corrected chi connectivity index (χ4v) is 4.42. The van der Waals surface area contributed by atoms with Gasteiger partial charge in [-0.25, -0.2) is 12.8 Å². The Labute approximate surface area is 101 Å². The van der Waals surface area contributed by atoms with Crippen LogP contribution in [0.25, 0.3) is 0 Å². The lowest BCUT2D eigenvalue weighted by Gasteiger charge is -2.46. The standard InChI is InChI=1S/C10H20FN3O2S/c11-10(5-12)6-14(7-10)3-8-4-17(15,16)2-1-9(8)13/h8-9H,1-7,12-13H2. The molecule has 0 aliphatic carbocycles. The average Bonchev–Trinajstić information content (AvgIpc) is 2.20. The average molecular weight is 265 g/mol. The molecule has 0 aromatic heterocycles. The second-order valence-corrected chi connectivity index (χ2v) is 7.58. The first-order valence-electron chi connectivity index (χ1n) is 5.91. The van der Waals surface area contributed by atoms with Crippen LogP contribution in [0.2, 0.25) is 0 Å². The van der Waals surface area contributed by atoms with E-state index in [1.165, 1.54) is 0 Å². The third kappa shape index (κ3) is 2.96. The molecule has 0 aromatic rings. The van der Waals surface area contributed by atoms with E-state index in [1.807, 2.05) is 4.90 Å². The summed E-state index contributed by atoms with van der Waals surface area (Å²) in [5.41, 5.74) is 9.95. The van der Waals surface area contributed by atoms with Crippen LogP contribution in [-0.4, -0.2) is 62.7 Å². The van der Waals surface area contributed by atoms with Gasteiger partial charge in [-0.2, -0.15) is 0 Å². The van der Waals surface area contributed by atoms with Gasteiger partial charge in [-0.1, -0.05) is 0 Å². The minimum Gasteiger partial charge on any atom is -0.327 e. The monoisotopic (exact) mass is 265 g/mol. The van der Waals surface area contributed by atoms with E-state index in [9.17, 15) is 12.8 Å². The molecule has 2 unspecified atom stereocenters. The van der Waals surface area contributed by atoms with Gasteiger partial charge in [-0.15, -0.1) is 0 Å². The number of alkyl halides is 1. The fraction of sp³-hybridized carbons (Fsp3) is 1.00. The molecule has 0 amide bonds. The number of sulfone groups is 1. The Bertz CT molecular complexity index is 381. The van der Waals surface area contributed by atoms with E-state index in [1.54, 1.807) is 0 Å². The Hall–Kier alpha value is -0.240. The maximum Gasteiger partial charge on any atom is 0.150 e. The highest BCUT2D eigenvalue weighted by Gasteiger charge is 2.44. The lowest BCUT2D eigenvalue weighted by molar-refractivity contribution is -0.0332. The van der Waals surface area contributed by atoms with E-state index in [0.29, 0.717) is 26.1 Å². The first kappa shape index (κ1) is 13.2. The minimum absolute atomic E-state index is 0.0263. The van der Waals surface area contributed by atoms with Gasteiger partial charge in [0.25, 0.3) is 0 Å².